The molecule has 1 fully saturated rings. The molecule has 3 N–H and O–H groups in total. The van der Waals surface area contributed by atoms with Gasteiger partial charge >= 0.3 is 0 Å². The van der Waals surface area contributed by atoms with Gasteiger partial charge in [-0.1, -0.05) is 30.6 Å². The Bertz CT molecular complexity index is 540. The standard InChI is InChI=1S/C12H14N4O2S/c13-7-12(4-2-1-3-5-12)10(18)16-11-15-6-8(19-11)9(14)17/h6H,1-5H2,(H2,14,17)(H,15,16,18). The van der Waals surface area contributed by atoms with Gasteiger partial charge in [0, 0.05) is 0 Å². The quantitative estimate of drug-likeness (QED) is 0.876. The van der Waals surface area contributed by atoms with Crippen LogP contribution in [0.25, 0.3) is 0 Å². The van der Waals surface area contributed by atoms with Crippen LogP contribution < -0.4 is 11.1 Å². The summed E-state index contributed by atoms with van der Waals surface area (Å²) >= 11 is 1.02. The predicted molar refractivity (Wildman–Crippen MR) is 70.4 cm³/mol. The third-order valence-corrected chi connectivity index (χ3v) is 4.25. The summed E-state index contributed by atoms with van der Waals surface area (Å²) in [6.07, 6.45) is 5.28. The first kappa shape index (κ1) is 13.5. The van der Waals surface area contributed by atoms with Crippen molar-refractivity contribution in [2.45, 2.75) is 32.1 Å². The molecular formula is C12H14N4O2S. The van der Waals surface area contributed by atoms with E-state index < -0.39 is 11.3 Å². The number of primary amides is 1. The van der Waals surface area contributed by atoms with Crippen LogP contribution >= 0.6 is 11.3 Å². The molecule has 7 heteroatoms. The van der Waals surface area contributed by atoms with Crippen LogP contribution in [0.4, 0.5) is 5.13 Å². The number of nitrogens with two attached hydrogens (primary N) is 1. The summed E-state index contributed by atoms with van der Waals surface area (Å²) in [5.74, 6) is -0.911. The van der Waals surface area contributed by atoms with Crippen LogP contribution in [0, 0.1) is 16.7 Å². The fourth-order valence-electron chi connectivity index (χ4n) is 2.21. The number of aromatic nitrogens is 1. The molecule has 1 aliphatic rings. The second-order valence-corrected chi connectivity index (χ2v) is 5.63. The summed E-state index contributed by atoms with van der Waals surface area (Å²) in [5, 5.41) is 12.2. The zero-order chi connectivity index (χ0) is 13.9. The summed E-state index contributed by atoms with van der Waals surface area (Å²) in [5.41, 5.74) is 4.16. The summed E-state index contributed by atoms with van der Waals surface area (Å²) in [4.78, 5) is 27.4. The van der Waals surface area contributed by atoms with Crippen LogP contribution in [-0.2, 0) is 4.79 Å². The van der Waals surface area contributed by atoms with Gasteiger partial charge in [0.05, 0.1) is 12.3 Å². The maximum atomic E-state index is 12.2. The van der Waals surface area contributed by atoms with E-state index in [4.69, 9.17) is 5.73 Å². The molecule has 19 heavy (non-hydrogen) atoms. The molecule has 0 aliphatic heterocycles. The van der Waals surface area contributed by atoms with Gasteiger partial charge in [0.2, 0.25) is 5.91 Å². The van der Waals surface area contributed by atoms with E-state index in [2.05, 4.69) is 16.4 Å². The summed E-state index contributed by atoms with van der Waals surface area (Å²) in [7, 11) is 0. The number of nitriles is 1. The molecular weight excluding hydrogens is 264 g/mol. The number of hydrogen-bond donors (Lipinski definition) is 2. The number of carbonyl (C=O) groups excluding carboxylic acids is 2. The van der Waals surface area contributed by atoms with Crippen molar-refractivity contribution in [1.82, 2.24) is 4.98 Å². The minimum absolute atomic E-state index is 0.282. The predicted octanol–water partition coefficient (Wildman–Crippen LogP) is 1.65. The molecule has 0 unspecified atom stereocenters. The van der Waals surface area contributed by atoms with Crippen LogP contribution in [0.5, 0.6) is 0 Å². The van der Waals surface area contributed by atoms with E-state index in [-0.39, 0.29) is 10.8 Å². The van der Waals surface area contributed by atoms with Crippen molar-refractivity contribution in [2.75, 3.05) is 5.32 Å². The Kier molecular flexibility index (Phi) is 3.81. The summed E-state index contributed by atoms with van der Waals surface area (Å²) in [6, 6.07) is 2.14. The summed E-state index contributed by atoms with van der Waals surface area (Å²) < 4.78 is 0. The van der Waals surface area contributed by atoms with Gasteiger partial charge in [-0.25, -0.2) is 4.98 Å². The fourth-order valence-corrected chi connectivity index (χ4v) is 2.87. The Morgan fingerprint density at radius 1 is 1.42 bits per heavy atom. The van der Waals surface area contributed by atoms with Crippen molar-refractivity contribution in [1.29, 1.82) is 5.26 Å². The minimum atomic E-state index is -0.962. The number of thiazole rings is 1. The molecule has 1 saturated carbocycles. The lowest BCUT2D eigenvalue weighted by molar-refractivity contribution is -0.124. The molecule has 0 radical (unpaired) electrons. The maximum Gasteiger partial charge on any atom is 0.260 e. The topological polar surface area (TPSA) is 109 Å². The smallest absolute Gasteiger partial charge is 0.260 e. The maximum absolute atomic E-state index is 12.2. The van der Waals surface area contributed by atoms with E-state index in [0.717, 1.165) is 30.6 Å². The van der Waals surface area contributed by atoms with Crippen molar-refractivity contribution in [2.24, 2.45) is 11.1 Å². The van der Waals surface area contributed by atoms with Gasteiger partial charge in [-0.05, 0) is 12.8 Å². The van der Waals surface area contributed by atoms with Crippen LogP contribution in [0.3, 0.4) is 0 Å². The van der Waals surface area contributed by atoms with Crippen LogP contribution in [-0.4, -0.2) is 16.8 Å². The number of nitrogens with one attached hydrogen (secondary N) is 1. The molecule has 0 bridgehead atoms. The molecule has 1 aromatic rings. The van der Waals surface area contributed by atoms with E-state index in [0.29, 0.717) is 18.0 Å². The Morgan fingerprint density at radius 2 is 2.11 bits per heavy atom. The molecule has 0 atom stereocenters. The zero-order valence-electron chi connectivity index (χ0n) is 10.3. The highest BCUT2D eigenvalue weighted by atomic mass is 32.1. The van der Waals surface area contributed by atoms with Gasteiger partial charge < -0.3 is 11.1 Å². The highest BCUT2D eigenvalue weighted by Gasteiger charge is 2.40. The Balaban J connectivity index is 2.11. The molecule has 1 aliphatic carbocycles. The van der Waals surface area contributed by atoms with Crippen LogP contribution in [0.2, 0.25) is 0 Å². The average molecular weight is 278 g/mol. The molecule has 0 saturated heterocycles. The normalized spacial score (nSPS) is 17.4. The zero-order valence-corrected chi connectivity index (χ0v) is 11.1. The lowest BCUT2D eigenvalue weighted by atomic mass is 9.74. The van der Waals surface area contributed by atoms with E-state index in [9.17, 15) is 14.9 Å². The molecule has 0 aromatic carbocycles. The molecule has 1 heterocycles. The minimum Gasteiger partial charge on any atom is -0.365 e. The fraction of sp³-hybridized carbons (Fsp3) is 0.500. The lowest BCUT2D eigenvalue weighted by Gasteiger charge is -2.28. The SMILES string of the molecule is N#CC1(C(=O)Nc2ncc(C(N)=O)s2)CCCCC1. The van der Waals surface area contributed by atoms with E-state index >= 15 is 0 Å². The highest BCUT2D eigenvalue weighted by Crippen LogP contribution is 2.37. The van der Waals surface area contributed by atoms with Crippen molar-refractivity contribution in [3.63, 3.8) is 0 Å². The first-order valence-electron chi connectivity index (χ1n) is 6.06. The van der Waals surface area contributed by atoms with E-state index in [1.807, 2.05) is 0 Å². The van der Waals surface area contributed by atoms with Gasteiger partial charge in [-0.15, -0.1) is 0 Å². The molecule has 100 valence electrons. The average Bonchev–Trinajstić information content (AvgIpc) is 2.88. The van der Waals surface area contributed by atoms with Crippen molar-refractivity contribution in [3.05, 3.63) is 11.1 Å². The number of hydrogen-bond acceptors (Lipinski definition) is 5. The number of amides is 2. The second kappa shape index (κ2) is 5.36. The Hall–Kier alpha value is -1.94. The number of carbonyl (C=O) groups is 2. The van der Waals surface area contributed by atoms with Crippen LogP contribution in [0.1, 0.15) is 41.8 Å². The van der Waals surface area contributed by atoms with Gasteiger partial charge in [-0.2, -0.15) is 5.26 Å². The monoisotopic (exact) mass is 278 g/mol. The van der Waals surface area contributed by atoms with E-state index in [1.165, 1.54) is 6.20 Å². The van der Waals surface area contributed by atoms with E-state index in [1.54, 1.807) is 0 Å². The Morgan fingerprint density at radius 3 is 2.63 bits per heavy atom. The first-order chi connectivity index (χ1) is 9.07. The number of rotatable bonds is 3. The van der Waals surface area contributed by atoms with Gasteiger partial charge in [0.15, 0.2) is 5.13 Å². The van der Waals surface area contributed by atoms with Crippen molar-refractivity contribution >= 4 is 28.3 Å². The first-order valence-corrected chi connectivity index (χ1v) is 6.87. The largest absolute Gasteiger partial charge is 0.365 e. The molecule has 0 spiro atoms. The lowest BCUT2D eigenvalue weighted by Crippen LogP contribution is -2.36. The number of nitrogens with zero attached hydrogens (tertiary/aromatic N) is 2. The molecule has 2 amide bonds. The van der Waals surface area contributed by atoms with Gasteiger partial charge in [0.25, 0.3) is 5.91 Å². The second-order valence-electron chi connectivity index (χ2n) is 4.60. The third-order valence-electron chi connectivity index (χ3n) is 3.32. The van der Waals surface area contributed by atoms with Crippen molar-refractivity contribution < 1.29 is 9.59 Å². The third kappa shape index (κ3) is 2.74. The van der Waals surface area contributed by atoms with Gasteiger partial charge in [0.1, 0.15) is 10.3 Å². The molecule has 6 nitrogen and oxygen atoms in total. The van der Waals surface area contributed by atoms with Gasteiger partial charge in [-0.3, -0.25) is 9.59 Å². The summed E-state index contributed by atoms with van der Waals surface area (Å²) in [6.45, 7) is 0. The molecule has 1 aromatic heterocycles. The van der Waals surface area contributed by atoms with Crippen LogP contribution in [0.15, 0.2) is 6.20 Å². The number of anilines is 1. The molecule has 2 rings (SSSR count). The highest BCUT2D eigenvalue weighted by molar-refractivity contribution is 7.17. The Labute approximate surface area is 114 Å². The van der Waals surface area contributed by atoms with Crippen molar-refractivity contribution in [3.8, 4) is 6.07 Å².